The summed E-state index contributed by atoms with van der Waals surface area (Å²) in [5.74, 6) is 0.706. The second-order valence-corrected chi connectivity index (χ2v) is 6.72. The largest absolute Gasteiger partial charge is 0.353 e. The third kappa shape index (κ3) is 3.96. The summed E-state index contributed by atoms with van der Waals surface area (Å²) in [4.78, 5) is 26.3. The van der Waals surface area contributed by atoms with Gasteiger partial charge in [0.2, 0.25) is 11.8 Å². The van der Waals surface area contributed by atoms with Gasteiger partial charge in [0.05, 0.1) is 12.6 Å². The van der Waals surface area contributed by atoms with Crippen molar-refractivity contribution in [3.63, 3.8) is 0 Å². The molecule has 0 aromatic heterocycles. The fraction of sp³-hybridized carbons (Fsp3) is 0.875. The van der Waals surface area contributed by atoms with Crippen LogP contribution in [0.1, 0.15) is 59.3 Å². The number of nitrogens with zero attached hydrogens (tertiary/aromatic N) is 1. The van der Waals surface area contributed by atoms with Crippen LogP contribution in [0.2, 0.25) is 0 Å². The van der Waals surface area contributed by atoms with E-state index in [-0.39, 0.29) is 30.1 Å². The Morgan fingerprint density at radius 1 is 1.14 bits per heavy atom. The van der Waals surface area contributed by atoms with Crippen LogP contribution in [0.4, 0.5) is 0 Å². The Labute approximate surface area is 127 Å². The van der Waals surface area contributed by atoms with Gasteiger partial charge >= 0.3 is 0 Å². The van der Waals surface area contributed by atoms with E-state index in [2.05, 4.69) is 24.5 Å². The minimum Gasteiger partial charge on any atom is -0.353 e. The lowest BCUT2D eigenvalue weighted by Gasteiger charge is -2.36. The van der Waals surface area contributed by atoms with Gasteiger partial charge in [-0.25, -0.2) is 0 Å². The quantitative estimate of drug-likeness (QED) is 0.773. The van der Waals surface area contributed by atoms with Crippen LogP contribution in [-0.4, -0.2) is 41.5 Å². The summed E-state index contributed by atoms with van der Waals surface area (Å²) in [7, 11) is 0. The maximum atomic E-state index is 12.5. The van der Waals surface area contributed by atoms with Gasteiger partial charge in [-0.1, -0.05) is 33.1 Å². The summed E-state index contributed by atoms with van der Waals surface area (Å²) >= 11 is 0. The van der Waals surface area contributed by atoms with Gasteiger partial charge in [-0.2, -0.15) is 0 Å². The van der Waals surface area contributed by atoms with Crippen molar-refractivity contribution in [2.75, 3.05) is 6.54 Å². The lowest BCUT2D eigenvalue weighted by atomic mass is 9.95. The number of rotatable bonds is 1. The molecule has 0 bridgehead atoms. The van der Waals surface area contributed by atoms with Crippen molar-refractivity contribution in [3.05, 3.63) is 0 Å². The highest BCUT2D eigenvalue weighted by atomic mass is 16.2. The molecule has 2 aliphatic rings. The Hall–Kier alpha value is -1.10. The highest BCUT2D eigenvalue weighted by Gasteiger charge is 2.41. The Morgan fingerprint density at radius 3 is 2.57 bits per heavy atom. The van der Waals surface area contributed by atoms with E-state index in [1.165, 1.54) is 0 Å². The van der Waals surface area contributed by atoms with Gasteiger partial charge in [-0.15, -0.1) is 0 Å². The number of amides is 2. The number of carbonyl (C=O) groups is 2. The van der Waals surface area contributed by atoms with Gasteiger partial charge in [0.25, 0.3) is 0 Å². The molecule has 0 radical (unpaired) electrons. The molecule has 0 aromatic carbocycles. The van der Waals surface area contributed by atoms with Gasteiger partial charge in [0.15, 0.2) is 0 Å². The molecule has 2 amide bonds. The first-order valence-electron chi connectivity index (χ1n) is 8.35. The fourth-order valence-corrected chi connectivity index (χ4v) is 3.45. The molecule has 2 aliphatic heterocycles. The fourth-order valence-electron chi connectivity index (χ4n) is 3.45. The van der Waals surface area contributed by atoms with E-state index < -0.39 is 0 Å². The van der Waals surface area contributed by atoms with Crippen molar-refractivity contribution in [1.29, 1.82) is 0 Å². The molecule has 0 spiro atoms. The molecular formula is C16H29N3O2. The number of hydrogen-bond donors (Lipinski definition) is 2. The van der Waals surface area contributed by atoms with Crippen LogP contribution in [0, 0.1) is 5.92 Å². The molecule has 3 atom stereocenters. The number of carbonyl (C=O) groups excluding carboxylic acids is 2. The standard InChI is InChI=1S/C16H29N3O2/c1-11(2)13-8-6-4-5-7-9-15(20)17-10-14-18-12(3)16(21)19(13)14/h11-14,18H,4-10H2,1-3H3,(H,17,20)/t12-,13-,14-/m1/s1. The molecule has 0 saturated carbocycles. The average Bonchev–Trinajstić information content (AvgIpc) is 2.70. The molecule has 2 heterocycles. The third-order valence-corrected chi connectivity index (χ3v) is 4.68. The second-order valence-electron chi connectivity index (χ2n) is 6.72. The van der Waals surface area contributed by atoms with Gasteiger partial charge < -0.3 is 10.2 Å². The zero-order valence-electron chi connectivity index (χ0n) is 13.5. The predicted octanol–water partition coefficient (Wildman–Crippen LogP) is 1.63. The van der Waals surface area contributed by atoms with E-state index in [0.717, 1.165) is 32.1 Å². The Bertz CT molecular complexity index is 384. The van der Waals surface area contributed by atoms with Crippen LogP contribution < -0.4 is 10.6 Å². The number of hydrogen-bond acceptors (Lipinski definition) is 3. The topological polar surface area (TPSA) is 61.4 Å². The lowest BCUT2D eigenvalue weighted by Crippen LogP contribution is -2.52. The zero-order chi connectivity index (χ0) is 15.4. The van der Waals surface area contributed by atoms with Crippen molar-refractivity contribution in [3.8, 4) is 0 Å². The van der Waals surface area contributed by atoms with Crippen LogP contribution in [0.15, 0.2) is 0 Å². The molecule has 21 heavy (non-hydrogen) atoms. The summed E-state index contributed by atoms with van der Waals surface area (Å²) in [6.45, 7) is 6.79. The van der Waals surface area contributed by atoms with Gasteiger partial charge in [0, 0.05) is 12.5 Å². The minimum atomic E-state index is -0.154. The molecule has 0 aromatic rings. The molecule has 0 aliphatic carbocycles. The van der Waals surface area contributed by atoms with E-state index in [1.54, 1.807) is 0 Å². The van der Waals surface area contributed by atoms with Crippen molar-refractivity contribution in [1.82, 2.24) is 15.5 Å². The normalized spacial score (nSPS) is 32.4. The van der Waals surface area contributed by atoms with Gasteiger partial charge in [-0.3, -0.25) is 14.9 Å². The van der Waals surface area contributed by atoms with E-state index >= 15 is 0 Å². The van der Waals surface area contributed by atoms with E-state index in [1.807, 2.05) is 11.8 Å². The van der Waals surface area contributed by atoms with E-state index in [9.17, 15) is 9.59 Å². The summed E-state index contributed by atoms with van der Waals surface area (Å²) in [6.07, 6.45) is 5.94. The van der Waals surface area contributed by atoms with Crippen LogP contribution in [0.5, 0.6) is 0 Å². The first-order chi connectivity index (χ1) is 10.0. The minimum absolute atomic E-state index is 0.0664. The summed E-state index contributed by atoms with van der Waals surface area (Å²) in [6, 6.07) is 0.106. The molecule has 0 unspecified atom stereocenters. The van der Waals surface area contributed by atoms with E-state index in [4.69, 9.17) is 0 Å². The predicted molar refractivity (Wildman–Crippen MR) is 82.6 cm³/mol. The van der Waals surface area contributed by atoms with Gasteiger partial charge in [0.1, 0.15) is 6.17 Å². The first-order valence-corrected chi connectivity index (χ1v) is 8.35. The average molecular weight is 295 g/mol. The Kier molecular flexibility index (Phi) is 5.62. The maximum Gasteiger partial charge on any atom is 0.241 e. The maximum absolute atomic E-state index is 12.5. The molecule has 2 saturated heterocycles. The second kappa shape index (κ2) is 7.25. The van der Waals surface area contributed by atoms with Crippen LogP contribution >= 0.6 is 0 Å². The van der Waals surface area contributed by atoms with Gasteiger partial charge in [-0.05, 0) is 25.7 Å². The molecule has 2 N–H and O–H groups in total. The number of fused-ring (bicyclic) bond motifs is 1. The lowest BCUT2D eigenvalue weighted by molar-refractivity contribution is -0.133. The first kappa shape index (κ1) is 16.3. The van der Waals surface area contributed by atoms with Crippen molar-refractivity contribution < 1.29 is 9.59 Å². The van der Waals surface area contributed by atoms with Crippen LogP contribution in [0.3, 0.4) is 0 Å². The van der Waals surface area contributed by atoms with Crippen LogP contribution in [-0.2, 0) is 9.59 Å². The molecule has 5 nitrogen and oxygen atoms in total. The number of nitrogens with one attached hydrogen (secondary N) is 2. The van der Waals surface area contributed by atoms with Crippen molar-refractivity contribution in [2.24, 2.45) is 5.92 Å². The summed E-state index contributed by atoms with van der Waals surface area (Å²) in [5.41, 5.74) is 0. The summed E-state index contributed by atoms with van der Waals surface area (Å²) < 4.78 is 0. The molecule has 120 valence electrons. The molecule has 2 fully saturated rings. The molecule has 2 rings (SSSR count). The SMILES string of the molecule is CC(C)[C@H]1CCCCCCC(=O)NC[C@@H]2N[C@H](C)C(=O)N21. The zero-order valence-corrected chi connectivity index (χ0v) is 13.5. The van der Waals surface area contributed by atoms with E-state index in [0.29, 0.717) is 18.9 Å². The molecular weight excluding hydrogens is 266 g/mol. The summed E-state index contributed by atoms with van der Waals surface area (Å²) in [5, 5.41) is 6.30. The Morgan fingerprint density at radius 2 is 1.86 bits per heavy atom. The molecule has 5 heteroatoms. The monoisotopic (exact) mass is 295 g/mol. The van der Waals surface area contributed by atoms with Crippen LogP contribution in [0.25, 0.3) is 0 Å². The Balaban J connectivity index is 2.15. The van der Waals surface area contributed by atoms with Crippen molar-refractivity contribution >= 4 is 11.8 Å². The smallest absolute Gasteiger partial charge is 0.241 e. The highest BCUT2D eigenvalue weighted by molar-refractivity contribution is 5.84. The van der Waals surface area contributed by atoms with Crippen molar-refractivity contribution in [2.45, 2.75) is 77.5 Å². The highest BCUT2D eigenvalue weighted by Crippen LogP contribution is 2.24. The third-order valence-electron chi connectivity index (χ3n) is 4.68.